The molecule has 2 heterocycles. The van der Waals surface area contributed by atoms with E-state index in [0.29, 0.717) is 5.95 Å². The maximum Gasteiger partial charge on any atom is 0.227 e. The van der Waals surface area contributed by atoms with E-state index in [4.69, 9.17) is 0 Å². The molecule has 0 radical (unpaired) electrons. The van der Waals surface area contributed by atoms with Crippen molar-refractivity contribution in [3.63, 3.8) is 0 Å². The second-order valence-corrected chi connectivity index (χ2v) is 4.17. The van der Waals surface area contributed by atoms with E-state index in [0.717, 1.165) is 25.3 Å². The minimum atomic E-state index is 0.618. The number of anilines is 3. The van der Waals surface area contributed by atoms with E-state index in [-0.39, 0.29) is 0 Å². The van der Waals surface area contributed by atoms with Crippen LogP contribution in [-0.2, 0) is 6.54 Å². The second-order valence-electron chi connectivity index (χ2n) is 4.17. The Kier molecular flexibility index (Phi) is 3.06. The molecule has 92 valence electrons. The van der Waals surface area contributed by atoms with Gasteiger partial charge < -0.3 is 16.0 Å². The Morgan fingerprint density at radius 2 is 2.00 bits per heavy atom. The zero-order chi connectivity index (χ0) is 12.2. The molecule has 0 saturated heterocycles. The predicted molar refractivity (Wildman–Crippen MR) is 72.0 cm³/mol. The lowest BCUT2D eigenvalue weighted by molar-refractivity contribution is 0.725. The quantitative estimate of drug-likeness (QED) is 0.747. The molecule has 0 fully saturated rings. The summed E-state index contributed by atoms with van der Waals surface area (Å²) < 4.78 is 0. The predicted octanol–water partition coefficient (Wildman–Crippen LogP) is 1.74. The molecule has 5 nitrogen and oxygen atoms in total. The molecule has 0 atom stereocenters. The molecule has 0 spiro atoms. The van der Waals surface area contributed by atoms with Crippen LogP contribution in [0.4, 0.5) is 17.3 Å². The number of nitrogens with zero attached hydrogens (tertiary/aromatic N) is 2. The van der Waals surface area contributed by atoms with Crippen LogP contribution < -0.4 is 16.0 Å². The highest BCUT2D eigenvalue weighted by atomic mass is 15.1. The average molecular weight is 241 g/mol. The molecule has 0 aliphatic carbocycles. The van der Waals surface area contributed by atoms with Gasteiger partial charge in [0.25, 0.3) is 0 Å². The number of aromatic nitrogens is 2. The van der Waals surface area contributed by atoms with Gasteiger partial charge in [-0.3, -0.25) is 0 Å². The van der Waals surface area contributed by atoms with E-state index in [1.807, 2.05) is 6.07 Å². The summed E-state index contributed by atoms with van der Waals surface area (Å²) in [4.78, 5) is 8.30. The van der Waals surface area contributed by atoms with Crippen LogP contribution in [-0.4, -0.2) is 23.1 Å². The first-order valence-electron chi connectivity index (χ1n) is 6.03. The summed E-state index contributed by atoms with van der Waals surface area (Å²) >= 11 is 0. The van der Waals surface area contributed by atoms with Gasteiger partial charge in [0, 0.05) is 43.4 Å². The fourth-order valence-electron chi connectivity index (χ4n) is 1.99. The molecule has 1 aromatic carbocycles. The number of rotatable bonds is 2. The minimum Gasteiger partial charge on any atom is -0.384 e. The summed E-state index contributed by atoms with van der Waals surface area (Å²) in [6.07, 6.45) is 3.45. The zero-order valence-corrected chi connectivity index (χ0v) is 9.98. The molecule has 0 bridgehead atoms. The van der Waals surface area contributed by atoms with Crippen molar-refractivity contribution in [2.24, 2.45) is 0 Å². The van der Waals surface area contributed by atoms with Gasteiger partial charge in [-0.2, -0.15) is 0 Å². The fourth-order valence-corrected chi connectivity index (χ4v) is 1.99. The first-order valence-corrected chi connectivity index (χ1v) is 6.03. The lowest BCUT2D eigenvalue weighted by Crippen LogP contribution is -2.16. The maximum absolute atomic E-state index is 4.15. The summed E-state index contributed by atoms with van der Waals surface area (Å²) in [6.45, 7) is 2.83. The Morgan fingerprint density at radius 3 is 2.89 bits per heavy atom. The van der Waals surface area contributed by atoms with Gasteiger partial charge in [-0.1, -0.05) is 0 Å². The molecular formula is C13H15N5. The molecule has 1 aromatic heterocycles. The van der Waals surface area contributed by atoms with Gasteiger partial charge in [0.2, 0.25) is 5.95 Å². The third kappa shape index (κ3) is 2.41. The first kappa shape index (κ1) is 11.0. The van der Waals surface area contributed by atoms with Crippen molar-refractivity contribution >= 4 is 17.3 Å². The van der Waals surface area contributed by atoms with Crippen LogP contribution in [0.2, 0.25) is 0 Å². The minimum absolute atomic E-state index is 0.618. The van der Waals surface area contributed by atoms with E-state index in [2.05, 4.69) is 38.1 Å². The largest absolute Gasteiger partial charge is 0.384 e. The van der Waals surface area contributed by atoms with Gasteiger partial charge >= 0.3 is 0 Å². The van der Waals surface area contributed by atoms with E-state index < -0.39 is 0 Å². The third-order valence-electron chi connectivity index (χ3n) is 2.86. The molecule has 1 aliphatic rings. The summed E-state index contributed by atoms with van der Waals surface area (Å²) in [7, 11) is 0. The summed E-state index contributed by atoms with van der Waals surface area (Å²) in [6, 6.07) is 8.05. The van der Waals surface area contributed by atoms with Crippen LogP contribution >= 0.6 is 0 Å². The smallest absolute Gasteiger partial charge is 0.227 e. The molecule has 0 saturated carbocycles. The van der Waals surface area contributed by atoms with Crippen molar-refractivity contribution < 1.29 is 0 Å². The Balaban J connectivity index is 1.83. The van der Waals surface area contributed by atoms with Crippen molar-refractivity contribution in [1.82, 2.24) is 15.3 Å². The molecule has 1 aliphatic heterocycles. The molecule has 3 rings (SSSR count). The van der Waals surface area contributed by atoms with Crippen molar-refractivity contribution in [1.29, 1.82) is 0 Å². The van der Waals surface area contributed by atoms with Gasteiger partial charge in [0.1, 0.15) is 0 Å². The molecule has 0 unspecified atom stereocenters. The van der Waals surface area contributed by atoms with Crippen LogP contribution in [0.3, 0.4) is 0 Å². The van der Waals surface area contributed by atoms with Crippen LogP contribution in [0.1, 0.15) is 5.56 Å². The maximum atomic E-state index is 4.15. The van der Waals surface area contributed by atoms with Gasteiger partial charge in [-0.15, -0.1) is 0 Å². The molecular weight excluding hydrogens is 226 g/mol. The zero-order valence-electron chi connectivity index (χ0n) is 9.98. The average Bonchev–Trinajstić information content (AvgIpc) is 2.64. The summed E-state index contributed by atoms with van der Waals surface area (Å²) in [5.74, 6) is 0.618. The Hall–Kier alpha value is -2.14. The standard InChI is InChI=1S/C13H15N5/c1-4-16-13(17-5-1)18-11-2-3-12-10(8-11)9-14-6-7-15-12/h1-5,8,14-15H,6-7,9H2,(H,16,17,18). The number of hydrogen-bond donors (Lipinski definition) is 3. The van der Waals surface area contributed by atoms with Crippen LogP contribution in [0.5, 0.6) is 0 Å². The van der Waals surface area contributed by atoms with Crippen molar-refractivity contribution in [2.45, 2.75) is 6.54 Å². The van der Waals surface area contributed by atoms with E-state index in [9.17, 15) is 0 Å². The molecule has 5 heteroatoms. The first-order chi connectivity index (χ1) is 8.92. The monoisotopic (exact) mass is 241 g/mol. The van der Waals surface area contributed by atoms with Crippen molar-refractivity contribution in [3.05, 3.63) is 42.2 Å². The number of fused-ring (bicyclic) bond motifs is 1. The Morgan fingerprint density at radius 1 is 1.11 bits per heavy atom. The lowest BCUT2D eigenvalue weighted by Gasteiger charge is -2.10. The van der Waals surface area contributed by atoms with E-state index in [1.165, 1.54) is 11.3 Å². The van der Waals surface area contributed by atoms with Crippen LogP contribution in [0.25, 0.3) is 0 Å². The normalized spacial score (nSPS) is 14.2. The van der Waals surface area contributed by atoms with E-state index in [1.54, 1.807) is 18.5 Å². The molecule has 2 aromatic rings. The number of benzene rings is 1. The van der Waals surface area contributed by atoms with Crippen LogP contribution in [0, 0.1) is 0 Å². The Labute approximate surface area is 106 Å². The van der Waals surface area contributed by atoms with Gasteiger partial charge in [-0.05, 0) is 29.8 Å². The SMILES string of the molecule is c1cnc(Nc2ccc3c(c2)CNCCN3)nc1. The molecule has 3 N–H and O–H groups in total. The Bertz CT molecular complexity index is 526. The van der Waals surface area contributed by atoms with Crippen molar-refractivity contribution in [3.8, 4) is 0 Å². The van der Waals surface area contributed by atoms with E-state index >= 15 is 0 Å². The topological polar surface area (TPSA) is 61.9 Å². The molecule has 18 heavy (non-hydrogen) atoms. The third-order valence-corrected chi connectivity index (χ3v) is 2.86. The van der Waals surface area contributed by atoms with Crippen molar-refractivity contribution in [2.75, 3.05) is 23.7 Å². The highest BCUT2D eigenvalue weighted by molar-refractivity contribution is 5.63. The van der Waals surface area contributed by atoms with Crippen LogP contribution in [0.15, 0.2) is 36.7 Å². The number of nitrogens with one attached hydrogen (secondary N) is 3. The van der Waals surface area contributed by atoms with Gasteiger partial charge in [-0.25, -0.2) is 9.97 Å². The highest BCUT2D eigenvalue weighted by Crippen LogP contribution is 2.23. The lowest BCUT2D eigenvalue weighted by atomic mass is 10.1. The highest BCUT2D eigenvalue weighted by Gasteiger charge is 2.07. The van der Waals surface area contributed by atoms with Gasteiger partial charge in [0.05, 0.1) is 0 Å². The summed E-state index contributed by atoms with van der Waals surface area (Å²) in [5.41, 5.74) is 3.46. The fraction of sp³-hybridized carbons (Fsp3) is 0.231. The summed E-state index contributed by atoms with van der Waals surface area (Å²) in [5, 5.41) is 9.96. The number of hydrogen-bond acceptors (Lipinski definition) is 5. The second kappa shape index (κ2) is 5.01. The molecule has 0 amide bonds. The van der Waals surface area contributed by atoms with Gasteiger partial charge in [0.15, 0.2) is 0 Å².